The predicted molar refractivity (Wildman–Crippen MR) is 115 cm³/mol. The molecule has 0 spiro atoms. The van der Waals surface area contributed by atoms with Gasteiger partial charge in [-0.3, -0.25) is 4.79 Å². The maximum Gasteiger partial charge on any atom is 0.163 e. The zero-order chi connectivity index (χ0) is 20.9. The van der Waals surface area contributed by atoms with Gasteiger partial charge in [-0.25, -0.2) is 0 Å². The second-order valence-electron chi connectivity index (χ2n) is 6.62. The summed E-state index contributed by atoms with van der Waals surface area (Å²) < 4.78 is 0. The number of aliphatic hydroxyl groups excluding tert-OH is 1. The fourth-order valence-corrected chi connectivity index (χ4v) is 2.88. The van der Waals surface area contributed by atoms with Crippen molar-refractivity contribution in [1.29, 1.82) is 0 Å². The summed E-state index contributed by atoms with van der Waals surface area (Å²) >= 11 is 0. The van der Waals surface area contributed by atoms with Crippen LogP contribution in [0.5, 0.6) is 0 Å². The number of rotatable bonds is 13. The number of Topliss-reactive ketones (excluding diaryl/α,β-unsaturated/α-hetero) is 1. The molecule has 0 aliphatic heterocycles. The van der Waals surface area contributed by atoms with Gasteiger partial charge >= 0.3 is 0 Å². The molecule has 0 saturated heterocycles. The van der Waals surface area contributed by atoms with E-state index in [1.54, 1.807) is 0 Å². The molecule has 1 aromatic rings. The van der Waals surface area contributed by atoms with Gasteiger partial charge in [-0.05, 0) is 37.4 Å². The number of carbonyl (C=O) groups excluding carboxylic acids is 2. The lowest BCUT2D eigenvalue weighted by atomic mass is 9.98. The number of ketones is 1. The summed E-state index contributed by atoms with van der Waals surface area (Å²) in [6, 6.07) is 6.28. The Kier molecular flexibility index (Phi) is 21.3. The van der Waals surface area contributed by atoms with E-state index in [0.717, 1.165) is 37.7 Å². The Hall–Kier alpha value is -1.52. The van der Waals surface area contributed by atoms with Crippen LogP contribution in [0, 0.1) is 6.92 Å². The van der Waals surface area contributed by atoms with Crippen molar-refractivity contribution in [3.63, 3.8) is 0 Å². The molecular formula is C23H41NO3. The minimum absolute atomic E-state index is 0.309. The van der Waals surface area contributed by atoms with Gasteiger partial charge in [-0.2, -0.15) is 0 Å². The molecule has 156 valence electrons. The number of hydrogen-bond acceptors (Lipinski definition) is 4. The van der Waals surface area contributed by atoms with E-state index in [1.165, 1.54) is 50.5 Å². The molecule has 0 amide bonds. The fourth-order valence-electron chi connectivity index (χ4n) is 2.88. The average molecular weight is 380 g/mol. The molecule has 1 aromatic carbocycles. The Morgan fingerprint density at radius 3 is 2.15 bits per heavy atom. The van der Waals surface area contributed by atoms with Gasteiger partial charge in [0.05, 0.1) is 0 Å². The maximum atomic E-state index is 12.3. The second-order valence-corrected chi connectivity index (χ2v) is 6.62. The van der Waals surface area contributed by atoms with Crippen LogP contribution in [0.2, 0.25) is 0 Å². The van der Waals surface area contributed by atoms with Gasteiger partial charge in [0.1, 0.15) is 6.79 Å². The quantitative estimate of drug-likeness (QED) is 0.363. The summed E-state index contributed by atoms with van der Waals surface area (Å²) in [5.74, 6) is 0.309. The first-order valence-corrected chi connectivity index (χ1v) is 10.3. The minimum Gasteiger partial charge on any atom is -0.400 e. The largest absolute Gasteiger partial charge is 0.400 e. The number of nitrogens with one attached hydrogen (secondary N) is 1. The van der Waals surface area contributed by atoms with Crippen LogP contribution < -0.4 is 5.32 Å². The highest BCUT2D eigenvalue weighted by molar-refractivity contribution is 5.97. The molecule has 27 heavy (non-hydrogen) atoms. The van der Waals surface area contributed by atoms with Crippen LogP contribution in [0.15, 0.2) is 18.2 Å². The third-order valence-electron chi connectivity index (χ3n) is 4.38. The van der Waals surface area contributed by atoms with Crippen molar-refractivity contribution in [2.24, 2.45) is 0 Å². The Labute approximate surface area is 166 Å². The SMILES string of the molecule is C=O.CCCCCCCCC(=O)c1ccc(CNCCCC)cc1C.CO. The van der Waals surface area contributed by atoms with Crippen molar-refractivity contribution in [2.75, 3.05) is 13.7 Å². The van der Waals surface area contributed by atoms with E-state index in [-0.39, 0.29) is 0 Å². The minimum atomic E-state index is 0.309. The Bertz CT molecular complexity index is 475. The molecule has 0 fully saturated rings. The van der Waals surface area contributed by atoms with Crippen molar-refractivity contribution in [3.8, 4) is 0 Å². The van der Waals surface area contributed by atoms with E-state index < -0.39 is 0 Å². The molecule has 0 radical (unpaired) electrons. The van der Waals surface area contributed by atoms with Crippen LogP contribution in [0.4, 0.5) is 0 Å². The normalized spacial score (nSPS) is 9.67. The van der Waals surface area contributed by atoms with Gasteiger partial charge in [0, 0.05) is 25.6 Å². The number of hydrogen-bond donors (Lipinski definition) is 2. The molecule has 0 atom stereocenters. The van der Waals surface area contributed by atoms with Crippen molar-refractivity contribution in [3.05, 3.63) is 34.9 Å². The molecule has 0 aliphatic carbocycles. The van der Waals surface area contributed by atoms with E-state index in [9.17, 15) is 4.79 Å². The second kappa shape index (κ2) is 20.8. The third kappa shape index (κ3) is 14.2. The summed E-state index contributed by atoms with van der Waals surface area (Å²) in [7, 11) is 1.00. The van der Waals surface area contributed by atoms with Crippen molar-refractivity contribution >= 4 is 12.6 Å². The van der Waals surface area contributed by atoms with Crippen LogP contribution in [-0.2, 0) is 11.3 Å². The first-order valence-electron chi connectivity index (χ1n) is 10.3. The highest BCUT2D eigenvalue weighted by Crippen LogP contribution is 2.16. The summed E-state index contributed by atoms with van der Waals surface area (Å²) in [6.45, 7) is 10.5. The summed E-state index contributed by atoms with van der Waals surface area (Å²) in [5.41, 5.74) is 3.31. The first kappa shape index (κ1) is 27.7. The molecule has 0 bridgehead atoms. The molecule has 0 unspecified atom stereocenters. The van der Waals surface area contributed by atoms with Crippen molar-refractivity contribution in [1.82, 2.24) is 5.32 Å². The van der Waals surface area contributed by atoms with Crippen LogP contribution in [0.25, 0.3) is 0 Å². The monoisotopic (exact) mass is 379 g/mol. The van der Waals surface area contributed by atoms with Crippen molar-refractivity contribution < 1.29 is 14.7 Å². The first-order chi connectivity index (χ1) is 13.2. The Morgan fingerprint density at radius 1 is 0.963 bits per heavy atom. The van der Waals surface area contributed by atoms with Gasteiger partial charge < -0.3 is 15.2 Å². The van der Waals surface area contributed by atoms with E-state index >= 15 is 0 Å². The van der Waals surface area contributed by atoms with Gasteiger partial charge in [0.15, 0.2) is 5.78 Å². The molecule has 0 saturated carbocycles. The molecular weight excluding hydrogens is 338 g/mol. The molecule has 0 aliphatic rings. The molecule has 2 N–H and O–H groups in total. The zero-order valence-electron chi connectivity index (χ0n) is 18.0. The molecule has 1 rings (SSSR count). The van der Waals surface area contributed by atoms with Crippen LogP contribution in [0.1, 0.15) is 93.1 Å². The zero-order valence-corrected chi connectivity index (χ0v) is 18.0. The Balaban J connectivity index is 0. The van der Waals surface area contributed by atoms with Gasteiger partial charge in [0.2, 0.25) is 0 Å². The summed E-state index contributed by atoms with van der Waals surface area (Å²) in [4.78, 5) is 20.3. The lowest BCUT2D eigenvalue weighted by Crippen LogP contribution is -2.14. The smallest absolute Gasteiger partial charge is 0.163 e. The lowest BCUT2D eigenvalue weighted by molar-refractivity contribution is -0.0980. The fraction of sp³-hybridized carbons (Fsp3) is 0.652. The van der Waals surface area contributed by atoms with E-state index in [2.05, 4.69) is 38.2 Å². The van der Waals surface area contributed by atoms with E-state index in [1.807, 2.05) is 12.9 Å². The van der Waals surface area contributed by atoms with Gasteiger partial charge in [-0.1, -0.05) is 70.6 Å². The number of aryl methyl sites for hydroxylation is 1. The maximum absolute atomic E-state index is 12.3. The van der Waals surface area contributed by atoms with Gasteiger partial charge in [0.25, 0.3) is 0 Å². The standard InChI is InChI=1S/C21H35NO.CH4O.CH2O/c1-4-6-8-9-10-11-12-21(23)20-14-13-19(16-18(20)3)17-22-15-7-5-2;2*1-2/h13-14,16,22H,4-12,15,17H2,1-3H3;2H,1H3;1H2. The predicted octanol–water partition coefficient (Wildman–Crippen LogP) is 5.24. The van der Waals surface area contributed by atoms with Crippen LogP contribution >= 0.6 is 0 Å². The van der Waals surface area contributed by atoms with E-state index in [0.29, 0.717) is 12.2 Å². The highest BCUT2D eigenvalue weighted by Gasteiger charge is 2.09. The molecule has 0 heterocycles. The molecule has 0 aromatic heterocycles. The summed E-state index contributed by atoms with van der Waals surface area (Å²) in [6.07, 6.45) is 10.5. The number of aliphatic hydroxyl groups is 1. The highest BCUT2D eigenvalue weighted by atomic mass is 16.2. The topological polar surface area (TPSA) is 66.4 Å². The van der Waals surface area contributed by atoms with Crippen LogP contribution in [0.3, 0.4) is 0 Å². The summed E-state index contributed by atoms with van der Waals surface area (Å²) in [5, 5.41) is 10.5. The lowest BCUT2D eigenvalue weighted by Gasteiger charge is -2.09. The van der Waals surface area contributed by atoms with E-state index in [4.69, 9.17) is 9.90 Å². The molecule has 4 nitrogen and oxygen atoms in total. The third-order valence-corrected chi connectivity index (χ3v) is 4.38. The van der Waals surface area contributed by atoms with Gasteiger partial charge in [-0.15, -0.1) is 0 Å². The Morgan fingerprint density at radius 2 is 1.56 bits per heavy atom. The van der Waals surface area contributed by atoms with Crippen molar-refractivity contribution in [2.45, 2.75) is 85.1 Å². The number of benzene rings is 1. The number of carbonyl (C=O) groups is 2. The molecule has 4 heteroatoms. The number of unbranched alkanes of at least 4 members (excludes halogenated alkanes) is 6. The average Bonchev–Trinajstić information content (AvgIpc) is 2.71. The van der Waals surface area contributed by atoms with Crippen LogP contribution in [-0.4, -0.2) is 31.3 Å².